The topological polar surface area (TPSA) is 41.7 Å². The van der Waals surface area contributed by atoms with E-state index in [2.05, 4.69) is 30.6 Å². The minimum atomic E-state index is 0.305. The molecule has 1 heterocycles. The standard InChI is InChI=1S/C15H33N3O/c1-4-17(5-2)10-7-11-18(6-3)13-15-9-8-14(12-16)19-15/h14-15H,4-13,16H2,1-3H3. The number of hydrogen-bond donors (Lipinski definition) is 1. The predicted molar refractivity (Wildman–Crippen MR) is 81.5 cm³/mol. The monoisotopic (exact) mass is 271 g/mol. The van der Waals surface area contributed by atoms with Gasteiger partial charge in [-0.15, -0.1) is 0 Å². The maximum absolute atomic E-state index is 5.94. The van der Waals surface area contributed by atoms with Crippen molar-refractivity contribution in [1.29, 1.82) is 0 Å². The number of likely N-dealkylation sites (N-methyl/N-ethyl adjacent to an activating group) is 1. The summed E-state index contributed by atoms with van der Waals surface area (Å²) in [7, 11) is 0. The molecule has 0 aromatic carbocycles. The summed E-state index contributed by atoms with van der Waals surface area (Å²) in [5.74, 6) is 0. The molecule has 0 spiro atoms. The number of ether oxygens (including phenoxy) is 1. The molecule has 0 aromatic heterocycles. The van der Waals surface area contributed by atoms with Gasteiger partial charge in [0.1, 0.15) is 0 Å². The summed E-state index contributed by atoms with van der Waals surface area (Å²) in [6, 6.07) is 0. The molecular weight excluding hydrogens is 238 g/mol. The Morgan fingerprint density at radius 2 is 1.53 bits per heavy atom. The van der Waals surface area contributed by atoms with Crippen LogP contribution in [0.15, 0.2) is 0 Å². The Morgan fingerprint density at radius 3 is 2.05 bits per heavy atom. The van der Waals surface area contributed by atoms with Gasteiger partial charge in [0.25, 0.3) is 0 Å². The first-order chi connectivity index (χ1) is 9.23. The first kappa shape index (κ1) is 16.9. The van der Waals surface area contributed by atoms with Crippen molar-refractivity contribution in [2.45, 2.75) is 52.2 Å². The Labute approximate surface area is 119 Å². The van der Waals surface area contributed by atoms with Crippen LogP contribution in [0.1, 0.15) is 40.0 Å². The maximum atomic E-state index is 5.94. The van der Waals surface area contributed by atoms with Crippen LogP contribution in [0.5, 0.6) is 0 Å². The van der Waals surface area contributed by atoms with E-state index in [9.17, 15) is 0 Å². The highest BCUT2D eigenvalue weighted by atomic mass is 16.5. The quantitative estimate of drug-likeness (QED) is 0.654. The predicted octanol–water partition coefficient (Wildman–Crippen LogP) is 1.55. The lowest BCUT2D eigenvalue weighted by Gasteiger charge is -2.25. The molecule has 1 fully saturated rings. The van der Waals surface area contributed by atoms with E-state index in [1.807, 2.05) is 0 Å². The second kappa shape index (κ2) is 9.70. The van der Waals surface area contributed by atoms with Crippen molar-refractivity contribution in [3.05, 3.63) is 0 Å². The van der Waals surface area contributed by atoms with Crippen molar-refractivity contribution in [3.63, 3.8) is 0 Å². The van der Waals surface area contributed by atoms with Gasteiger partial charge >= 0.3 is 0 Å². The molecule has 0 aromatic rings. The highest BCUT2D eigenvalue weighted by molar-refractivity contribution is 4.77. The fourth-order valence-corrected chi connectivity index (χ4v) is 2.81. The van der Waals surface area contributed by atoms with Gasteiger partial charge in [-0.1, -0.05) is 20.8 Å². The minimum Gasteiger partial charge on any atom is -0.372 e. The molecule has 1 rings (SSSR count). The molecule has 2 atom stereocenters. The van der Waals surface area contributed by atoms with Gasteiger partial charge < -0.3 is 20.3 Å². The molecule has 4 nitrogen and oxygen atoms in total. The third-order valence-corrected chi connectivity index (χ3v) is 4.21. The van der Waals surface area contributed by atoms with Crippen molar-refractivity contribution < 1.29 is 4.74 Å². The van der Waals surface area contributed by atoms with Gasteiger partial charge in [-0.05, 0) is 52.0 Å². The summed E-state index contributed by atoms with van der Waals surface area (Å²) >= 11 is 0. The molecule has 4 heteroatoms. The molecule has 0 bridgehead atoms. The Morgan fingerprint density at radius 1 is 0.947 bits per heavy atom. The third kappa shape index (κ3) is 6.21. The van der Waals surface area contributed by atoms with E-state index in [0.29, 0.717) is 18.8 Å². The number of nitrogens with zero attached hydrogens (tertiary/aromatic N) is 2. The molecule has 19 heavy (non-hydrogen) atoms. The smallest absolute Gasteiger partial charge is 0.0707 e. The van der Waals surface area contributed by atoms with Crippen LogP contribution in [0.25, 0.3) is 0 Å². The lowest BCUT2D eigenvalue weighted by Crippen LogP contribution is -2.35. The second-order valence-corrected chi connectivity index (χ2v) is 5.47. The Balaban J connectivity index is 2.19. The fourth-order valence-electron chi connectivity index (χ4n) is 2.81. The molecule has 0 radical (unpaired) electrons. The van der Waals surface area contributed by atoms with Crippen molar-refractivity contribution in [1.82, 2.24) is 9.80 Å². The Bertz CT molecular complexity index is 221. The molecule has 2 N–H and O–H groups in total. The SMILES string of the molecule is CCN(CC)CCCN(CC)CC1CCC(CN)O1. The van der Waals surface area contributed by atoms with Crippen LogP contribution in [0.4, 0.5) is 0 Å². The van der Waals surface area contributed by atoms with Crippen LogP contribution < -0.4 is 5.73 Å². The van der Waals surface area contributed by atoms with E-state index in [1.165, 1.54) is 25.9 Å². The van der Waals surface area contributed by atoms with Crippen molar-refractivity contribution in [2.75, 3.05) is 45.8 Å². The van der Waals surface area contributed by atoms with Gasteiger partial charge in [0.2, 0.25) is 0 Å². The normalized spacial score (nSPS) is 23.7. The van der Waals surface area contributed by atoms with Gasteiger partial charge in [-0.2, -0.15) is 0 Å². The minimum absolute atomic E-state index is 0.305. The van der Waals surface area contributed by atoms with E-state index in [1.54, 1.807) is 0 Å². The van der Waals surface area contributed by atoms with Gasteiger partial charge in [0.05, 0.1) is 12.2 Å². The van der Waals surface area contributed by atoms with Gasteiger partial charge in [0.15, 0.2) is 0 Å². The zero-order chi connectivity index (χ0) is 14.1. The molecule has 114 valence electrons. The second-order valence-electron chi connectivity index (χ2n) is 5.47. The zero-order valence-corrected chi connectivity index (χ0v) is 13.1. The summed E-state index contributed by atoms with van der Waals surface area (Å²) in [6.45, 7) is 14.3. The van der Waals surface area contributed by atoms with E-state index in [0.717, 1.165) is 32.6 Å². The van der Waals surface area contributed by atoms with Crippen molar-refractivity contribution in [2.24, 2.45) is 5.73 Å². The summed E-state index contributed by atoms with van der Waals surface area (Å²) < 4.78 is 5.94. The average Bonchev–Trinajstić information content (AvgIpc) is 2.90. The number of hydrogen-bond acceptors (Lipinski definition) is 4. The van der Waals surface area contributed by atoms with E-state index in [4.69, 9.17) is 10.5 Å². The lowest BCUT2D eigenvalue weighted by molar-refractivity contribution is 0.0274. The third-order valence-electron chi connectivity index (χ3n) is 4.21. The van der Waals surface area contributed by atoms with Crippen molar-refractivity contribution in [3.8, 4) is 0 Å². The lowest BCUT2D eigenvalue weighted by atomic mass is 10.2. The van der Waals surface area contributed by atoms with E-state index < -0.39 is 0 Å². The molecule has 0 saturated carbocycles. The average molecular weight is 271 g/mol. The Kier molecular flexibility index (Phi) is 8.62. The first-order valence-electron chi connectivity index (χ1n) is 8.03. The highest BCUT2D eigenvalue weighted by Crippen LogP contribution is 2.19. The summed E-state index contributed by atoms with van der Waals surface area (Å²) in [4.78, 5) is 5.01. The summed E-state index contributed by atoms with van der Waals surface area (Å²) in [6.07, 6.45) is 4.27. The number of nitrogens with two attached hydrogens (primary N) is 1. The molecule has 2 unspecified atom stereocenters. The van der Waals surface area contributed by atoms with Gasteiger partial charge in [-0.3, -0.25) is 0 Å². The molecule has 1 aliphatic rings. The molecule has 1 aliphatic heterocycles. The zero-order valence-electron chi connectivity index (χ0n) is 13.1. The molecule has 0 amide bonds. The van der Waals surface area contributed by atoms with Crippen LogP contribution in [0, 0.1) is 0 Å². The fraction of sp³-hybridized carbons (Fsp3) is 1.00. The van der Waals surface area contributed by atoms with Crippen LogP contribution in [0.2, 0.25) is 0 Å². The van der Waals surface area contributed by atoms with E-state index in [-0.39, 0.29) is 0 Å². The van der Waals surface area contributed by atoms with Crippen molar-refractivity contribution >= 4 is 0 Å². The van der Waals surface area contributed by atoms with Gasteiger partial charge in [-0.25, -0.2) is 0 Å². The van der Waals surface area contributed by atoms with Crippen LogP contribution >= 0.6 is 0 Å². The summed E-state index contributed by atoms with van der Waals surface area (Å²) in [5.41, 5.74) is 5.66. The highest BCUT2D eigenvalue weighted by Gasteiger charge is 2.25. The van der Waals surface area contributed by atoms with Crippen LogP contribution in [0.3, 0.4) is 0 Å². The summed E-state index contributed by atoms with van der Waals surface area (Å²) in [5, 5.41) is 0. The molecule has 0 aliphatic carbocycles. The number of rotatable bonds is 10. The molecule has 1 saturated heterocycles. The van der Waals surface area contributed by atoms with E-state index >= 15 is 0 Å². The Hall–Kier alpha value is -0.160. The first-order valence-corrected chi connectivity index (χ1v) is 8.03. The van der Waals surface area contributed by atoms with Crippen LogP contribution in [-0.2, 0) is 4.74 Å². The largest absolute Gasteiger partial charge is 0.372 e. The molecular formula is C15H33N3O. The maximum Gasteiger partial charge on any atom is 0.0707 e. The van der Waals surface area contributed by atoms with Gasteiger partial charge in [0, 0.05) is 13.1 Å². The van der Waals surface area contributed by atoms with Crippen LogP contribution in [-0.4, -0.2) is 67.8 Å².